The van der Waals surface area contributed by atoms with Gasteiger partial charge in [0.25, 0.3) is 0 Å². The van der Waals surface area contributed by atoms with Crippen molar-refractivity contribution in [3.8, 4) is 0 Å². The topological polar surface area (TPSA) is 32.3 Å². The molecule has 1 saturated carbocycles. The van der Waals surface area contributed by atoms with Crippen LogP contribution in [0.5, 0.6) is 0 Å². The second-order valence-electron chi connectivity index (χ2n) is 6.62. The van der Waals surface area contributed by atoms with Crippen molar-refractivity contribution in [1.82, 2.24) is 10.2 Å². The van der Waals surface area contributed by atoms with Crippen molar-refractivity contribution in [2.45, 2.75) is 31.7 Å². The number of nitrogens with zero attached hydrogens (tertiary/aromatic N) is 1. The Morgan fingerprint density at radius 3 is 2.50 bits per heavy atom. The second kappa shape index (κ2) is 4.59. The number of piperidine rings is 1. The van der Waals surface area contributed by atoms with Gasteiger partial charge in [0.05, 0.1) is 11.5 Å². The zero-order chi connectivity index (χ0) is 13.6. The van der Waals surface area contributed by atoms with Crippen LogP contribution in [0.2, 0.25) is 0 Å². The van der Waals surface area contributed by atoms with E-state index in [4.69, 9.17) is 0 Å². The van der Waals surface area contributed by atoms with Gasteiger partial charge in [0.1, 0.15) is 0 Å². The van der Waals surface area contributed by atoms with Crippen LogP contribution in [0.1, 0.15) is 37.3 Å². The molecule has 2 aliphatic heterocycles. The number of carbonyl (C=O) groups is 1. The number of nitrogens with one attached hydrogen (secondary N) is 1. The number of benzene rings is 1. The van der Waals surface area contributed by atoms with E-state index in [2.05, 4.69) is 40.5 Å². The highest BCUT2D eigenvalue weighted by Crippen LogP contribution is 2.56. The maximum Gasteiger partial charge on any atom is 0.231 e. The predicted octanol–water partition coefficient (Wildman–Crippen LogP) is 2.35. The maximum atomic E-state index is 12.8. The van der Waals surface area contributed by atoms with E-state index < -0.39 is 0 Å². The first-order valence-corrected chi connectivity index (χ1v) is 7.88. The van der Waals surface area contributed by atoms with Crippen molar-refractivity contribution < 1.29 is 4.79 Å². The zero-order valence-corrected chi connectivity index (χ0v) is 11.8. The van der Waals surface area contributed by atoms with Crippen LogP contribution < -0.4 is 5.32 Å². The number of carbonyl (C=O) groups excluding carboxylic acids is 1. The summed E-state index contributed by atoms with van der Waals surface area (Å²) >= 11 is 0. The van der Waals surface area contributed by atoms with Gasteiger partial charge in [-0.2, -0.15) is 0 Å². The van der Waals surface area contributed by atoms with Crippen LogP contribution >= 0.6 is 0 Å². The van der Waals surface area contributed by atoms with E-state index in [1.807, 2.05) is 0 Å². The van der Waals surface area contributed by atoms with Crippen molar-refractivity contribution >= 4 is 5.91 Å². The van der Waals surface area contributed by atoms with Gasteiger partial charge in [-0.3, -0.25) is 4.79 Å². The van der Waals surface area contributed by atoms with E-state index in [1.54, 1.807) is 0 Å². The van der Waals surface area contributed by atoms with Gasteiger partial charge in [-0.25, -0.2) is 0 Å². The lowest BCUT2D eigenvalue weighted by Gasteiger charge is -2.58. The van der Waals surface area contributed by atoms with Gasteiger partial charge in [-0.1, -0.05) is 30.3 Å². The Morgan fingerprint density at radius 1 is 1.15 bits per heavy atom. The number of likely N-dealkylation sites (tertiary alicyclic amines) is 1. The summed E-state index contributed by atoms with van der Waals surface area (Å²) in [6.07, 6.45) is 4.60. The third-order valence-electron chi connectivity index (χ3n) is 5.28. The Hall–Kier alpha value is -1.35. The summed E-state index contributed by atoms with van der Waals surface area (Å²) < 4.78 is 0. The van der Waals surface area contributed by atoms with Gasteiger partial charge >= 0.3 is 0 Å². The van der Waals surface area contributed by atoms with Crippen molar-refractivity contribution in [2.75, 3.05) is 19.6 Å². The van der Waals surface area contributed by atoms with Crippen LogP contribution in [-0.4, -0.2) is 30.4 Å². The van der Waals surface area contributed by atoms with E-state index in [1.165, 1.54) is 18.4 Å². The summed E-state index contributed by atoms with van der Waals surface area (Å²) in [4.78, 5) is 14.9. The lowest BCUT2D eigenvalue weighted by molar-refractivity contribution is -0.178. The fourth-order valence-corrected chi connectivity index (χ4v) is 4.01. The van der Waals surface area contributed by atoms with Crippen LogP contribution in [0, 0.1) is 11.3 Å². The molecule has 3 nitrogen and oxygen atoms in total. The Kier molecular flexibility index (Phi) is 2.84. The second-order valence-corrected chi connectivity index (χ2v) is 6.62. The van der Waals surface area contributed by atoms with Gasteiger partial charge in [0, 0.05) is 6.54 Å². The molecule has 1 spiro atoms. The molecule has 106 valence electrons. The van der Waals surface area contributed by atoms with E-state index in [0.29, 0.717) is 11.9 Å². The predicted molar refractivity (Wildman–Crippen MR) is 78.2 cm³/mol. The number of amides is 1. The molecule has 1 aromatic carbocycles. The highest BCUT2D eigenvalue weighted by molar-refractivity contribution is 5.91. The summed E-state index contributed by atoms with van der Waals surface area (Å²) in [7, 11) is 0. The third-order valence-corrected chi connectivity index (χ3v) is 5.28. The molecule has 3 heteroatoms. The third kappa shape index (κ3) is 1.80. The van der Waals surface area contributed by atoms with Crippen LogP contribution in [-0.2, 0) is 4.79 Å². The molecule has 1 atom stereocenters. The Labute approximate surface area is 120 Å². The summed E-state index contributed by atoms with van der Waals surface area (Å²) in [5.74, 6) is 1.18. The average Bonchev–Trinajstić information content (AvgIpc) is 3.32. The minimum atomic E-state index is -0.110. The first-order valence-electron chi connectivity index (χ1n) is 7.88. The fourth-order valence-electron chi connectivity index (χ4n) is 4.01. The molecule has 1 aromatic rings. The molecule has 1 aliphatic carbocycles. The quantitative estimate of drug-likeness (QED) is 0.855. The normalized spacial score (nSPS) is 28.5. The zero-order valence-electron chi connectivity index (χ0n) is 11.8. The standard InChI is InChI=1S/C17H22N2O/c20-16-17(8-10-18-11-9-17)15(14-4-2-1-3-5-14)19(16)12-13-6-7-13/h1-5,13,15,18H,6-12H2. The number of hydrogen-bond acceptors (Lipinski definition) is 2. The van der Waals surface area contributed by atoms with E-state index in [0.717, 1.165) is 38.4 Å². The molecule has 20 heavy (non-hydrogen) atoms. The van der Waals surface area contributed by atoms with Gasteiger partial charge in [-0.05, 0) is 50.3 Å². The van der Waals surface area contributed by atoms with Crippen molar-refractivity contribution in [2.24, 2.45) is 11.3 Å². The highest BCUT2D eigenvalue weighted by Gasteiger charge is 2.61. The first-order chi connectivity index (χ1) is 9.81. The Balaban J connectivity index is 1.66. The molecule has 2 heterocycles. The molecule has 4 rings (SSSR count). The molecular weight excluding hydrogens is 248 g/mol. The molecule has 3 aliphatic rings. The highest BCUT2D eigenvalue weighted by atomic mass is 16.2. The van der Waals surface area contributed by atoms with Crippen LogP contribution in [0.25, 0.3) is 0 Å². The SMILES string of the molecule is O=C1N(CC2CC2)C(c2ccccc2)C12CCNCC2. The Bertz CT molecular complexity index is 503. The molecule has 3 fully saturated rings. The first kappa shape index (κ1) is 12.4. The van der Waals surface area contributed by atoms with E-state index in [9.17, 15) is 4.79 Å². The molecular formula is C17H22N2O. The molecule has 0 bridgehead atoms. The number of hydrogen-bond donors (Lipinski definition) is 1. The summed E-state index contributed by atoms with van der Waals surface area (Å²) in [6, 6.07) is 11.0. The van der Waals surface area contributed by atoms with Gasteiger partial charge in [0.2, 0.25) is 5.91 Å². The number of rotatable bonds is 3. The largest absolute Gasteiger partial charge is 0.334 e. The van der Waals surface area contributed by atoms with Crippen molar-refractivity contribution in [3.63, 3.8) is 0 Å². The monoisotopic (exact) mass is 270 g/mol. The number of β-lactam (4-membered cyclic amide) rings is 1. The van der Waals surface area contributed by atoms with Gasteiger partial charge < -0.3 is 10.2 Å². The molecule has 0 aromatic heterocycles. The molecule has 2 saturated heterocycles. The minimum absolute atomic E-state index is 0.110. The maximum absolute atomic E-state index is 12.8. The summed E-state index contributed by atoms with van der Waals surface area (Å²) in [5, 5.41) is 3.40. The van der Waals surface area contributed by atoms with Gasteiger partial charge in [0.15, 0.2) is 0 Å². The lowest BCUT2D eigenvalue weighted by Crippen LogP contribution is -2.66. The molecule has 1 N–H and O–H groups in total. The van der Waals surface area contributed by atoms with Crippen LogP contribution in [0.15, 0.2) is 30.3 Å². The summed E-state index contributed by atoms with van der Waals surface area (Å²) in [5.41, 5.74) is 1.22. The van der Waals surface area contributed by atoms with Gasteiger partial charge in [-0.15, -0.1) is 0 Å². The van der Waals surface area contributed by atoms with Crippen molar-refractivity contribution in [3.05, 3.63) is 35.9 Å². The fraction of sp³-hybridized carbons (Fsp3) is 0.588. The average molecular weight is 270 g/mol. The van der Waals surface area contributed by atoms with E-state index >= 15 is 0 Å². The Morgan fingerprint density at radius 2 is 1.85 bits per heavy atom. The van der Waals surface area contributed by atoms with Crippen LogP contribution in [0.4, 0.5) is 0 Å². The molecule has 1 unspecified atom stereocenters. The molecule has 1 amide bonds. The van der Waals surface area contributed by atoms with E-state index in [-0.39, 0.29) is 5.41 Å². The summed E-state index contributed by atoms with van der Waals surface area (Å²) in [6.45, 7) is 2.94. The van der Waals surface area contributed by atoms with Crippen molar-refractivity contribution in [1.29, 1.82) is 0 Å². The molecule has 0 radical (unpaired) electrons. The smallest absolute Gasteiger partial charge is 0.231 e. The lowest BCUT2D eigenvalue weighted by atomic mass is 9.62. The minimum Gasteiger partial charge on any atom is -0.334 e. The van der Waals surface area contributed by atoms with Crippen LogP contribution in [0.3, 0.4) is 0 Å².